The molecule has 0 aliphatic heterocycles. The van der Waals surface area contributed by atoms with Gasteiger partial charge in [0.25, 0.3) is 5.69 Å². The van der Waals surface area contributed by atoms with Crippen molar-refractivity contribution in [3.05, 3.63) is 69.8 Å². The first-order valence-corrected chi connectivity index (χ1v) is 7.94. The molecule has 0 aromatic heterocycles. The summed E-state index contributed by atoms with van der Waals surface area (Å²) in [4.78, 5) is 22.1. The summed E-state index contributed by atoms with van der Waals surface area (Å²) in [5.74, 6) is 1.03. The molecule has 0 aliphatic carbocycles. The van der Waals surface area contributed by atoms with Gasteiger partial charge in [-0.05, 0) is 35.8 Å². The zero-order valence-corrected chi connectivity index (χ0v) is 14.6. The number of nitro groups is 1. The highest BCUT2D eigenvalue weighted by atomic mass is 16.6. The van der Waals surface area contributed by atoms with E-state index in [-0.39, 0.29) is 11.6 Å². The number of rotatable bonds is 8. The largest absolute Gasteiger partial charge is 0.493 e. The number of ether oxygens (including phenoxy) is 2. The predicted octanol–water partition coefficient (Wildman–Crippen LogP) is 2.98. The van der Waals surface area contributed by atoms with Crippen molar-refractivity contribution in [2.75, 3.05) is 20.8 Å². The minimum Gasteiger partial charge on any atom is -0.493 e. The lowest BCUT2D eigenvalue weighted by Crippen LogP contribution is -2.23. The van der Waals surface area contributed by atoms with Crippen LogP contribution in [0.2, 0.25) is 0 Å². The average molecular weight is 356 g/mol. The summed E-state index contributed by atoms with van der Waals surface area (Å²) in [6.45, 7) is 0.452. The Labute approximate surface area is 151 Å². The van der Waals surface area contributed by atoms with Gasteiger partial charge in [-0.15, -0.1) is 0 Å². The van der Waals surface area contributed by atoms with E-state index in [0.29, 0.717) is 30.0 Å². The van der Waals surface area contributed by atoms with Gasteiger partial charge in [-0.3, -0.25) is 14.9 Å². The Morgan fingerprint density at radius 3 is 2.62 bits per heavy atom. The summed E-state index contributed by atoms with van der Waals surface area (Å²) >= 11 is 0. The Balaban J connectivity index is 1.87. The third kappa shape index (κ3) is 5.34. The van der Waals surface area contributed by atoms with Crippen LogP contribution in [0.25, 0.3) is 6.08 Å². The number of amides is 1. The van der Waals surface area contributed by atoms with Crippen LogP contribution in [-0.4, -0.2) is 31.6 Å². The van der Waals surface area contributed by atoms with E-state index in [1.807, 2.05) is 18.2 Å². The second kappa shape index (κ2) is 9.22. The topological polar surface area (TPSA) is 90.7 Å². The summed E-state index contributed by atoms with van der Waals surface area (Å²) < 4.78 is 10.4. The number of hydrogen-bond acceptors (Lipinski definition) is 5. The van der Waals surface area contributed by atoms with E-state index in [1.165, 1.54) is 18.2 Å². The van der Waals surface area contributed by atoms with E-state index in [2.05, 4.69) is 5.32 Å². The maximum atomic E-state index is 11.9. The second-order valence-corrected chi connectivity index (χ2v) is 5.42. The summed E-state index contributed by atoms with van der Waals surface area (Å²) in [5.41, 5.74) is 1.58. The minimum atomic E-state index is -0.472. The Morgan fingerprint density at radius 2 is 1.92 bits per heavy atom. The predicted molar refractivity (Wildman–Crippen MR) is 98.4 cm³/mol. The molecule has 2 rings (SSSR count). The Kier molecular flexibility index (Phi) is 6.73. The molecule has 0 radical (unpaired) electrons. The number of methoxy groups -OCH3 is 2. The number of nitrogens with one attached hydrogen (secondary N) is 1. The van der Waals surface area contributed by atoms with Crippen LogP contribution in [0.1, 0.15) is 11.1 Å². The molecule has 1 N–H and O–H groups in total. The van der Waals surface area contributed by atoms with Crippen LogP contribution in [0.15, 0.2) is 48.5 Å². The van der Waals surface area contributed by atoms with Gasteiger partial charge in [0.2, 0.25) is 5.91 Å². The third-order valence-corrected chi connectivity index (χ3v) is 3.67. The number of nitrogens with zero attached hydrogens (tertiary/aromatic N) is 1. The smallest absolute Gasteiger partial charge is 0.270 e. The van der Waals surface area contributed by atoms with Crippen molar-refractivity contribution in [2.45, 2.75) is 6.42 Å². The van der Waals surface area contributed by atoms with Crippen LogP contribution >= 0.6 is 0 Å². The van der Waals surface area contributed by atoms with Gasteiger partial charge in [0.15, 0.2) is 11.5 Å². The van der Waals surface area contributed by atoms with E-state index in [4.69, 9.17) is 9.47 Å². The van der Waals surface area contributed by atoms with E-state index in [9.17, 15) is 14.9 Å². The van der Waals surface area contributed by atoms with E-state index in [1.54, 1.807) is 32.4 Å². The van der Waals surface area contributed by atoms with Gasteiger partial charge in [-0.1, -0.05) is 18.2 Å². The lowest BCUT2D eigenvalue weighted by Gasteiger charge is -2.09. The van der Waals surface area contributed by atoms with Crippen molar-refractivity contribution in [3.8, 4) is 11.5 Å². The van der Waals surface area contributed by atoms with Crippen molar-refractivity contribution in [3.63, 3.8) is 0 Å². The lowest BCUT2D eigenvalue weighted by atomic mass is 10.1. The van der Waals surface area contributed by atoms with Crippen LogP contribution < -0.4 is 14.8 Å². The molecule has 7 heteroatoms. The van der Waals surface area contributed by atoms with Crippen LogP contribution in [0.5, 0.6) is 11.5 Å². The molecule has 7 nitrogen and oxygen atoms in total. The van der Waals surface area contributed by atoms with Gasteiger partial charge in [-0.25, -0.2) is 0 Å². The molecule has 26 heavy (non-hydrogen) atoms. The molecule has 2 aromatic rings. The van der Waals surface area contributed by atoms with Crippen molar-refractivity contribution >= 4 is 17.7 Å². The van der Waals surface area contributed by atoms with Gasteiger partial charge in [0.05, 0.1) is 19.1 Å². The van der Waals surface area contributed by atoms with Crippen molar-refractivity contribution in [1.29, 1.82) is 0 Å². The van der Waals surface area contributed by atoms with Gasteiger partial charge < -0.3 is 14.8 Å². The van der Waals surface area contributed by atoms with Crippen molar-refractivity contribution < 1.29 is 19.2 Å². The lowest BCUT2D eigenvalue weighted by molar-refractivity contribution is -0.384. The highest BCUT2D eigenvalue weighted by Crippen LogP contribution is 2.27. The maximum Gasteiger partial charge on any atom is 0.270 e. The third-order valence-electron chi connectivity index (χ3n) is 3.67. The number of benzene rings is 2. The molecule has 0 bridgehead atoms. The van der Waals surface area contributed by atoms with Gasteiger partial charge in [0, 0.05) is 24.8 Å². The van der Waals surface area contributed by atoms with Crippen LogP contribution in [0, 0.1) is 10.1 Å². The fourth-order valence-corrected chi connectivity index (χ4v) is 2.34. The fourth-order valence-electron chi connectivity index (χ4n) is 2.34. The molecule has 0 atom stereocenters. The standard InChI is InChI=1S/C19H20N2O5/c1-25-17-8-6-15(13-18(17)26-2)10-11-20-19(22)9-7-14-4-3-5-16(12-14)21(23)24/h3-9,12-13H,10-11H2,1-2H3,(H,20,22). The molecular formula is C19H20N2O5. The molecule has 0 spiro atoms. The summed E-state index contributed by atoms with van der Waals surface area (Å²) in [6, 6.07) is 11.7. The number of carbonyl (C=O) groups excluding carboxylic acids is 1. The van der Waals surface area contributed by atoms with Crippen molar-refractivity contribution in [2.24, 2.45) is 0 Å². The molecule has 0 unspecified atom stereocenters. The highest BCUT2D eigenvalue weighted by Gasteiger charge is 2.06. The first-order valence-electron chi connectivity index (χ1n) is 7.94. The van der Waals surface area contributed by atoms with Gasteiger partial charge >= 0.3 is 0 Å². The van der Waals surface area contributed by atoms with Gasteiger partial charge in [-0.2, -0.15) is 0 Å². The Hall–Kier alpha value is -3.35. The summed E-state index contributed by atoms with van der Waals surface area (Å²) in [5, 5.41) is 13.5. The van der Waals surface area contributed by atoms with E-state index >= 15 is 0 Å². The fraction of sp³-hybridized carbons (Fsp3) is 0.211. The minimum absolute atomic E-state index is 0.0130. The molecule has 0 saturated heterocycles. The first-order chi connectivity index (χ1) is 12.5. The number of nitro benzene ring substituents is 1. The monoisotopic (exact) mass is 356 g/mol. The van der Waals surface area contributed by atoms with Crippen LogP contribution in [0.3, 0.4) is 0 Å². The highest BCUT2D eigenvalue weighted by molar-refractivity contribution is 5.91. The summed E-state index contributed by atoms with van der Waals surface area (Å²) in [7, 11) is 3.15. The molecule has 136 valence electrons. The molecule has 0 saturated carbocycles. The first kappa shape index (κ1) is 19.0. The molecule has 1 amide bonds. The van der Waals surface area contributed by atoms with Crippen molar-refractivity contribution in [1.82, 2.24) is 5.32 Å². The number of non-ortho nitro benzene ring substituents is 1. The zero-order chi connectivity index (χ0) is 18.9. The molecular weight excluding hydrogens is 336 g/mol. The van der Waals surface area contributed by atoms with E-state index in [0.717, 1.165) is 5.56 Å². The molecule has 0 aliphatic rings. The second-order valence-electron chi connectivity index (χ2n) is 5.42. The zero-order valence-electron chi connectivity index (χ0n) is 14.6. The molecule has 0 heterocycles. The SMILES string of the molecule is COc1ccc(CCNC(=O)C=Cc2cccc([N+](=O)[O-])c2)cc1OC. The van der Waals surface area contributed by atoms with E-state index < -0.39 is 4.92 Å². The average Bonchev–Trinajstić information content (AvgIpc) is 2.66. The quantitative estimate of drug-likeness (QED) is 0.446. The Bertz CT molecular complexity index is 817. The maximum absolute atomic E-state index is 11.9. The normalized spacial score (nSPS) is 10.5. The number of carbonyl (C=O) groups is 1. The molecule has 0 fully saturated rings. The Morgan fingerprint density at radius 1 is 1.15 bits per heavy atom. The number of hydrogen-bond donors (Lipinski definition) is 1. The van der Waals surface area contributed by atoms with Crippen LogP contribution in [0.4, 0.5) is 5.69 Å². The van der Waals surface area contributed by atoms with Crippen LogP contribution in [-0.2, 0) is 11.2 Å². The summed E-state index contributed by atoms with van der Waals surface area (Å²) in [6.07, 6.45) is 3.53. The molecule has 2 aromatic carbocycles. The van der Waals surface area contributed by atoms with Gasteiger partial charge in [0.1, 0.15) is 0 Å².